The van der Waals surface area contributed by atoms with Crippen LogP contribution in [0.5, 0.6) is 0 Å². The molecule has 2 heteroatoms. The van der Waals surface area contributed by atoms with Crippen LogP contribution in [0.2, 0.25) is 0 Å². The SMILES string of the molecule is CN[C@H](C)c1cc(C)n(C)c1C. The van der Waals surface area contributed by atoms with Gasteiger partial charge in [0.1, 0.15) is 0 Å². The summed E-state index contributed by atoms with van der Waals surface area (Å²) < 4.78 is 2.23. The second-order valence-corrected chi connectivity index (χ2v) is 3.40. The van der Waals surface area contributed by atoms with Crippen molar-refractivity contribution >= 4 is 0 Å². The average molecular weight is 166 g/mol. The lowest BCUT2D eigenvalue weighted by atomic mass is 10.1. The molecule has 1 heterocycles. The van der Waals surface area contributed by atoms with Crippen LogP contribution in [0, 0.1) is 13.8 Å². The third-order valence-corrected chi connectivity index (χ3v) is 2.71. The minimum absolute atomic E-state index is 0.449. The number of aryl methyl sites for hydroxylation is 1. The average Bonchev–Trinajstić information content (AvgIpc) is 2.32. The Hall–Kier alpha value is -0.760. The molecule has 0 fully saturated rings. The van der Waals surface area contributed by atoms with Crippen LogP contribution in [-0.2, 0) is 7.05 Å². The van der Waals surface area contributed by atoms with Crippen molar-refractivity contribution in [3.63, 3.8) is 0 Å². The summed E-state index contributed by atoms with van der Waals surface area (Å²) in [5.74, 6) is 0. The number of nitrogens with one attached hydrogen (secondary N) is 1. The molecule has 0 unspecified atom stereocenters. The zero-order chi connectivity index (χ0) is 9.30. The second kappa shape index (κ2) is 3.31. The second-order valence-electron chi connectivity index (χ2n) is 3.40. The predicted molar refractivity (Wildman–Crippen MR) is 52.4 cm³/mol. The van der Waals surface area contributed by atoms with Crippen molar-refractivity contribution in [2.24, 2.45) is 7.05 Å². The summed E-state index contributed by atoms with van der Waals surface area (Å²) in [6.45, 7) is 6.48. The van der Waals surface area contributed by atoms with Crippen LogP contribution in [0.4, 0.5) is 0 Å². The van der Waals surface area contributed by atoms with Crippen molar-refractivity contribution in [3.05, 3.63) is 23.0 Å². The molecule has 0 aliphatic heterocycles. The highest BCUT2D eigenvalue weighted by molar-refractivity contribution is 5.28. The van der Waals surface area contributed by atoms with Gasteiger partial charge in [0.05, 0.1) is 0 Å². The highest BCUT2D eigenvalue weighted by Gasteiger charge is 2.10. The Labute approximate surface area is 74.6 Å². The molecular weight excluding hydrogens is 148 g/mol. The van der Waals surface area contributed by atoms with E-state index in [0.29, 0.717) is 6.04 Å². The molecule has 1 atom stereocenters. The number of hydrogen-bond donors (Lipinski definition) is 1. The highest BCUT2D eigenvalue weighted by atomic mass is 15.0. The van der Waals surface area contributed by atoms with Crippen molar-refractivity contribution < 1.29 is 0 Å². The summed E-state index contributed by atoms with van der Waals surface area (Å²) >= 11 is 0. The van der Waals surface area contributed by atoms with E-state index in [1.54, 1.807) is 0 Å². The fraction of sp³-hybridized carbons (Fsp3) is 0.600. The molecule has 2 nitrogen and oxygen atoms in total. The standard InChI is InChI=1S/C10H18N2/c1-7-6-10(8(2)11-4)9(3)12(7)5/h6,8,11H,1-5H3/t8-/m1/s1. The Morgan fingerprint density at radius 3 is 2.33 bits per heavy atom. The number of aromatic nitrogens is 1. The Kier molecular flexibility index (Phi) is 2.58. The highest BCUT2D eigenvalue weighted by Crippen LogP contribution is 2.19. The van der Waals surface area contributed by atoms with E-state index in [4.69, 9.17) is 0 Å². The zero-order valence-corrected chi connectivity index (χ0v) is 8.60. The summed E-state index contributed by atoms with van der Waals surface area (Å²) in [4.78, 5) is 0. The zero-order valence-electron chi connectivity index (χ0n) is 8.60. The van der Waals surface area contributed by atoms with E-state index in [2.05, 4.69) is 43.8 Å². The molecule has 1 N–H and O–H groups in total. The van der Waals surface area contributed by atoms with E-state index in [0.717, 1.165) is 0 Å². The molecule has 12 heavy (non-hydrogen) atoms. The van der Waals surface area contributed by atoms with Crippen molar-refractivity contribution in [2.75, 3.05) is 7.05 Å². The van der Waals surface area contributed by atoms with Gasteiger partial charge >= 0.3 is 0 Å². The summed E-state index contributed by atoms with van der Waals surface area (Å²) in [7, 11) is 4.10. The lowest BCUT2D eigenvalue weighted by molar-refractivity contribution is 0.645. The quantitative estimate of drug-likeness (QED) is 0.710. The van der Waals surface area contributed by atoms with Gasteiger partial charge in [-0.3, -0.25) is 0 Å². The lowest BCUT2D eigenvalue weighted by Gasteiger charge is -2.09. The van der Waals surface area contributed by atoms with Gasteiger partial charge in [0.2, 0.25) is 0 Å². The molecule has 0 saturated heterocycles. The normalized spacial score (nSPS) is 13.4. The molecule has 1 rings (SSSR count). The van der Waals surface area contributed by atoms with Crippen LogP contribution in [0.1, 0.15) is 29.9 Å². The Morgan fingerprint density at radius 2 is 2.00 bits per heavy atom. The first-order valence-electron chi connectivity index (χ1n) is 4.38. The molecule has 1 aromatic heterocycles. The van der Waals surface area contributed by atoms with E-state index >= 15 is 0 Å². The molecule has 0 aliphatic rings. The van der Waals surface area contributed by atoms with Gasteiger partial charge < -0.3 is 9.88 Å². The minimum atomic E-state index is 0.449. The monoisotopic (exact) mass is 166 g/mol. The summed E-state index contributed by atoms with van der Waals surface area (Å²) in [5.41, 5.74) is 4.08. The van der Waals surface area contributed by atoms with E-state index in [1.165, 1.54) is 17.0 Å². The van der Waals surface area contributed by atoms with Gasteiger partial charge in [-0.1, -0.05) is 0 Å². The van der Waals surface area contributed by atoms with Crippen molar-refractivity contribution in [2.45, 2.75) is 26.8 Å². The van der Waals surface area contributed by atoms with Crippen LogP contribution in [0.3, 0.4) is 0 Å². The van der Waals surface area contributed by atoms with E-state index < -0.39 is 0 Å². The Balaban J connectivity index is 3.08. The van der Waals surface area contributed by atoms with Crippen LogP contribution in [-0.4, -0.2) is 11.6 Å². The van der Waals surface area contributed by atoms with Gasteiger partial charge in [-0.25, -0.2) is 0 Å². The first-order valence-corrected chi connectivity index (χ1v) is 4.38. The fourth-order valence-electron chi connectivity index (χ4n) is 1.48. The molecule has 0 amide bonds. The summed E-state index contributed by atoms with van der Waals surface area (Å²) in [6, 6.07) is 2.70. The summed E-state index contributed by atoms with van der Waals surface area (Å²) in [6.07, 6.45) is 0. The maximum atomic E-state index is 3.25. The Bertz CT molecular complexity index is 274. The topological polar surface area (TPSA) is 17.0 Å². The van der Waals surface area contributed by atoms with Gasteiger partial charge in [-0.15, -0.1) is 0 Å². The molecule has 68 valence electrons. The molecule has 1 aromatic rings. The molecule has 0 radical (unpaired) electrons. The fourth-order valence-corrected chi connectivity index (χ4v) is 1.48. The van der Waals surface area contributed by atoms with Crippen LogP contribution < -0.4 is 5.32 Å². The third-order valence-electron chi connectivity index (χ3n) is 2.71. The molecular formula is C10H18N2. The molecule has 0 aliphatic carbocycles. The van der Waals surface area contributed by atoms with Crippen molar-refractivity contribution in [1.29, 1.82) is 0 Å². The largest absolute Gasteiger partial charge is 0.352 e. The smallest absolute Gasteiger partial charge is 0.0306 e. The molecule has 0 saturated carbocycles. The van der Waals surface area contributed by atoms with Gasteiger partial charge in [-0.05, 0) is 39.4 Å². The van der Waals surface area contributed by atoms with Crippen molar-refractivity contribution in [1.82, 2.24) is 9.88 Å². The lowest BCUT2D eigenvalue weighted by Crippen LogP contribution is -2.12. The van der Waals surface area contributed by atoms with E-state index in [1.807, 2.05) is 7.05 Å². The first-order chi connectivity index (χ1) is 5.57. The minimum Gasteiger partial charge on any atom is -0.352 e. The number of nitrogens with zero attached hydrogens (tertiary/aromatic N) is 1. The van der Waals surface area contributed by atoms with Gasteiger partial charge in [0.25, 0.3) is 0 Å². The third kappa shape index (κ3) is 1.39. The van der Waals surface area contributed by atoms with Crippen LogP contribution >= 0.6 is 0 Å². The molecule has 0 bridgehead atoms. The van der Waals surface area contributed by atoms with Gasteiger partial charge in [0.15, 0.2) is 0 Å². The van der Waals surface area contributed by atoms with E-state index in [-0.39, 0.29) is 0 Å². The molecule has 0 aromatic carbocycles. The Morgan fingerprint density at radius 1 is 1.42 bits per heavy atom. The van der Waals surface area contributed by atoms with Gasteiger partial charge in [-0.2, -0.15) is 0 Å². The maximum absolute atomic E-state index is 3.25. The maximum Gasteiger partial charge on any atom is 0.0306 e. The van der Waals surface area contributed by atoms with Crippen molar-refractivity contribution in [3.8, 4) is 0 Å². The summed E-state index contributed by atoms with van der Waals surface area (Å²) in [5, 5.41) is 3.25. The first kappa shape index (κ1) is 9.33. The van der Waals surface area contributed by atoms with Crippen LogP contribution in [0.25, 0.3) is 0 Å². The van der Waals surface area contributed by atoms with Crippen LogP contribution in [0.15, 0.2) is 6.07 Å². The van der Waals surface area contributed by atoms with E-state index in [9.17, 15) is 0 Å². The predicted octanol–water partition coefficient (Wildman–Crippen LogP) is 1.92. The number of rotatable bonds is 2. The number of hydrogen-bond acceptors (Lipinski definition) is 1. The molecule has 0 spiro atoms. The van der Waals surface area contributed by atoms with Gasteiger partial charge in [0, 0.05) is 24.5 Å².